The molecule has 0 radical (unpaired) electrons. The predicted molar refractivity (Wildman–Crippen MR) is 120 cm³/mol. The van der Waals surface area contributed by atoms with Crippen LogP contribution in [0, 0.1) is 23.7 Å². The highest BCUT2D eigenvalue weighted by atomic mass is 15.1. The lowest BCUT2D eigenvalue weighted by atomic mass is 10.0. The van der Waals surface area contributed by atoms with Gasteiger partial charge in [-0.1, -0.05) is 81.1 Å². The van der Waals surface area contributed by atoms with Crippen LogP contribution in [0.1, 0.15) is 93.9 Å². The van der Waals surface area contributed by atoms with Gasteiger partial charge in [-0.3, -0.25) is 0 Å². The zero-order valence-corrected chi connectivity index (χ0v) is 19.7. The summed E-state index contributed by atoms with van der Waals surface area (Å²) < 4.78 is 0. The van der Waals surface area contributed by atoms with Gasteiger partial charge in [0.15, 0.2) is 0 Å². The van der Waals surface area contributed by atoms with E-state index in [0.717, 1.165) is 23.7 Å². The molecule has 0 saturated carbocycles. The van der Waals surface area contributed by atoms with Crippen molar-refractivity contribution in [2.75, 3.05) is 39.3 Å². The molecule has 0 spiro atoms. The summed E-state index contributed by atoms with van der Waals surface area (Å²) in [7, 11) is 0. The lowest BCUT2D eigenvalue weighted by molar-refractivity contribution is 0.180. The SMILES string of the molecule is CCC(C)CN(CCCCN(CC(C)CC)CC(C)CC)CC(C)CC. The molecule has 0 heterocycles. The van der Waals surface area contributed by atoms with Crippen molar-refractivity contribution in [1.82, 2.24) is 9.80 Å². The monoisotopic (exact) mass is 368 g/mol. The van der Waals surface area contributed by atoms with E-state index < -0.39 is 0 Å². The van der Waals surface area contributed by atoms with E-state index in [9.17, 15) is 0 Å². The second-order valence-corrected chi connectivity index (χ2v) is 9.28. The van der Waals surface area contributed by atoms with E-state index >= 15 is 0 Å². The van der Waals surface area contributed by atoms with Gasteiger partial charge in [0.05, 0.1) is 0 Å². The van der Waals surface area contributed by atoms with Crippen molar-refractivity contribution in [3.63, 3.8) is 0 Å². The molecular weight excluding hydrogens is 316 g/mol. The molecule has 0 aliphatic rings. The molecule has 4 atom stereocenters. The molecule has 2 heteroatoms. The van der Waals surface area contributed by atoms with Crippen LogP contribution in [-0.4, -0.2) is 49.1 Å². The summed E-state index contributed by atoms with van der Waals surface area (Å²) in [6, 6.07) is 0. The van der Waals surface area contributed by atoms with E-state index in [1.54, 1.807) is 0 Å². The van der Waals surface area contributed by atoms with Crippen molar-refractivity contribution in [2.24, 2.45) is 23.7 Å². The van der Waals surface area contributed by atoms with Gasteiger partial charge < -0.3 is 9.80 Å². The van der Waals surface area contributed by atoms with E-state index in [4.69, 9.17) is 0 Å². The van der Waals surface area contributed by atoms with Gasteiger partial charge in [-0.15, -0.1) is 0 Å². The topological polar surface area (TPSA) is 6.48 Å². The number of rotatable bonds is 17. The van der Waals surface area contributed by atoms with E-state index in [1.165, 1.54) is 77.8 Å². The van der Waals surface area contributed by atoms with Crippen molar-refractivity contribution in [3.8, 4) is 0 Å². The van der Waals surface area contributed by atoms with Crippen LogP contribution >= 0.6 is 0 Å². The van der Waals surface area contributed by atoms with Crippen LogP contribution in [0.4, 0.5) is 0 Å². The van der Waals surface area contributed by atoms with Crippen LogP contribution in [0.2, 0.25) is 0 Å². The smallest absolute Gasteiger partial charge is 0.000703 e. The molecule has 26 heavy (non-hydrogen) atoms. The summed E-state index contributed by atoms with van der Waals surface area (Å²) in [5, 5.41) is 0. The van der Waals surface area contributed by atoms with Crippen molar-refractivity contribution in [2.45, 2.75) is 93.9 Å². The molecule has 0 rings (SSSR count). The number of hydrogen-bond acceptors (Lipinski definition) is 2. The Morgan fingerprint density at radius 3 is 0.885 bits per heavy atom. The molecule has 0 fully saturated rings. The van der Waals surface area contributed by atoms with Gasteiger partial charge in [-0.05, 0) is 49.6 Å². The maximum absolute atomic E-state index is 2.75. The zero-order valence-electron chi connectivity index (χ0n) is 19.7. The molecule has 0 aromatic rings. The Hall–Kier alpha value is -0.0800. The normalized spacial score (nSPS) is 16.8. The van der Waals surface area contributed by atoms with Gasteiger partial charge in [0.1, 0.15) is 0 Å². The zero-order chi connectivity index (χ0) is 19.9. The fourth-order valence-electron chi connectivity index (χ4n) is 3.46. The molecule has 0 saturated heterocycles. The maximum atomic E-state index is 2.75. The Balaban J connectivity index is 4.39. The highest BCUT2D eigenvalue weighted by molar-refractivity contribution is 4.68. The third kappa shape index (κ3) is 13.1. The molecule has 158 valence electrons. The van der Waals surface area contributed by atoms with Gasteiger partial charge in [0, 0.05) is 26.2 Å². The quantitative estimate of drug-likeness (QED) is 0.268. The molecule has 0 aromatic heterocycles. The first-order chi connectivity index (χ1) is 12.4. The number of hydrogen-bond donors (Lipinski definition) is 0. The Morgan fingerprint density at radius 2 is 0.692 bits per heavy atom. The van der Waals surface area contributed by atoms with Gasteiger partial charge >= 0.3 is 0 Å². The third-order valence-electron chi connectivity index (χ3n) is 6.27. The van der Waals surface area contributed by atoms with Gasteiger partial charge in [0.2, 0.25) is 0 Å². The minimum Gasteiger partial charge on any atom is -0.303 e. The van der Waals surface area contributed by atoms with Gasteiger partial charge in [-0.2, -0.15) is 0 Å². The Kier molecular flexibility index (Phi) is 15.9. The van der Waals surface area contributed by atoms with Crippen molar-refractivity contribution < 1.29 is 0 Å². The number of nitrogens with zero attached hydrogens (tertiary/aromatic N) is 2. The molecule has 0 aliphatic heterocycles. The lowest BCUT2D eigenvalue weighted by Crippen LogP contribution is -2.35. The van der Waals surface area contributed by atoms with E-state index in [1.807, 2.05) is 0 Å². The first kappa shape index (κ1) is 25.9. The largest absolute Gasteiger partial charge is 0.303 e. The van der Waals surface area contributed by atoms with Crippen molar-refractivity contribution >= 4 is 0 Å². The summed E-state index contributed by atoms with van der Waals surface area (Å²) in [5.41, 5.74) is 0. The third-order valence-corrected chi connectivity index (χ3v) is 6.27. The van der Waals surface area contributed by atoms with E-state index in [2.05, 4.69) is 65.2 Å². The summed E-state index contributed by atoms with van der Waals surface area (Å²) in [6.07, 6.45) is 7.90. The molecule has 0 amide bonds. The minimum atomic E-state index is 0.825. The molecule has 0 N–H and O–H groups in total. The Labute approximate surface area is 167 Å². The van der Waals surface area contributed by atoms with Crippen LogP contribution in [-0.2, 0) is 0 Å². The van der Waals surface area contributed by atoms with Crippen LogP contribution < -0.4 is 0 Å². The maximum Gasteiger partial charge on any atom is 0.000703 e. The standard InChI is InChI=1S/C24H52N2/c1-9-21(5)17-25(18-22(6)10-2)15-13-14-16-26(19-23(7)11-3)20-24(8)12-4/h21-24H,9-20H2,1-8H3. The van der Waals surface area contributed by atoms with E-state index in [-0.39, 0.29) is 0 Å². The fraction of sp³-hybridized carbons (Fsp3) is 1.00. The molecule has 0 aliphatic carbocycles. The fourth-order valence-corrected chi connectivity index (χ4v) is 3.46. The Morgan fingerprint density at radius 1 is 0.462 bits per heavy atom. The highest BCUT2D eigenvalue weighted by Crippen LogP contribution is 2.13. The number of unbranched alkanes of at least 4 members (excludes halogenated alkanes) is 1. The second-order valence-electron chi connectivity index (χ2n) is 9.28. The Bertz CT molecular complexity index is 251. The van der Waals surface area contributed by atoms with Gasteiger partial charge in [0.25, 0.3) is 0 Å². The second kappa shape index (κ2) is 15.9. The van der Waals surface area contributed by atoms with Crippen molar-refractivity contribution in [3.05, 3.63) is 0 Å². The van der Waals surface area contributed by atoms with Crippen LogP contribution in [0.25, 0.3) is 0 Å². The predicted octanol–water partition coefficient (Wildman–Crippen LogP) is 6.56. The molecule has 0 bridgehead atoms. The molecule has 4 unspecified atom stereocenters. The van der Waals surface area contributed by atoms with E-state index in [0.29, 0.717) is 0 Å². The highest BCUT2D eigenvalue weighted by Gasteiger charge is 2.14. The first-order valence-electron chi connectivity index (χ1n) is 11.8. The molecule has 0 aromatic carbocycles. The summed E-state index contributed by atoms with van der Waals surface area (Å²) in [5.74, 6) is 3.30. The summed E-state index contributed by atoms with van der Waals surface area (Å²) in [4.78, 5) is 5.49. The van der Waals surface area contributed by atoms with Crippen molar-refractivity contribution in [1.29, 1.82) is 0 Å². The minimum absolute atomic E-state index is 0.825. The lowest BCUT2D eigenvalue weighted by Gasteiger charge is -2.30. The van der Waals surface area contributed by atoms with Crippen LogP contribution in [0.15, 0.2) is 0 Å². The van der Waals surface area contributed by atoms with Gasteiger partial charge in [-0.25, -0.2) is 0 Å². The molecule has 2 nitrogen and oxygen atoms in total. The average molecular weight is 369 g/mol. The molecular formula is C24H52N2. The summed E-state index contributed by atoms with van der Waals surface area (Å²) >= 11 is 0. The first-order valence-corrected chi connectivity index (χ1v) is 11.8. The van der Waals surface area contributed by atoms with Crippen LogP contribution in [0.3, 0.4) is 0 Å². The average Bonchev–Trinajstić information content (AvgIpc) is 2.63. The van der Waals surface area contributed by atoms with Crippen LogP contribution in [0.5, 0.6) is 0 Å². The summed E-state index contributed by atoms with van der Waals surface area (Å²) in [6.45, 7) is 26.6.